The molecule has 0 unspecified atom stereocenters. The predicted molar refractivity (Wildman–Crippen MR) is 35.6 cm³/mol. The lowest BCUT2D eigenvalue weighted by molar-refractivity contribution is 0.197. The van der Waals surface area contributed by atoms with Gasteiger partial charge in [0.2, 0.25) is 0 Å². The summed E-state index contributed by atoms with van der Waals surface area (Å²) in [5.74, 6) is -4.00. The van der Waals surface area contributed by atoms with Crippen LogP contribution in [0.5, 0.6) is 0 Å². The minimum atomic E-state index is -1.50. The van der Waals surface area contributed by atoms with Crippen molar-refractivity contribution in [2.45, 2.75) is 6.42 Å². The molecule has 0 N–H and O–H groups in total. The van der Waals surface area contributed by atoms with Crippen molar-refractivity contribution in [2.24, 2.45) is 0 Å². The standard InChI is InChI=1S/C8H6F3O/c9-6-3-5(1-2-12)4-7(10)8(6)11/h3-4H,1-2H2. The van der Waals surface area contributed by atoms with Crippen LogP contribution in [-0.2, 0) is 11.5 Å². The first-order valence-corrected chi connectivity index (χ1v) is 3.36. The van der Waals surface area contributed by atoms with Crippen LogP contribution < -0.4 is 0 Å². The summed E-state index contributed by atoms with van der Waals surface area (Å²) in [5.41, 5.74) is 0.182. The van der Waals surface area contributed by atoms with Crippen molar-refractivity contribution in [1.82, 2.24) is 0 Å². The van der Waals surface area contributed by atoms with E-state index in [2.05, 4.69) is 0 Å². The van der Waals surface area contributed by atoms with Crippen LogP contribution in [0.3, 0.4) is 0 Å². The Hall–Kier alpha value is -1.03. The molecule has 4 heteroatoms. The Kier molecular flexibility index (Phi) is 2.70. The van der Waals surface area contributed by atoms with Gasteiger partial charge in [-0.15, -0.1) is 0 Å². The highest BCUT2D eigenvalue weighted by Gasteiger charge is 2.09. The Morgan fingerprint density at radius 3 is 2.00 bits per heavy atom. The molecule has 0 bridgehead atoms. The maximum absolute atomic E-state index is 12.4. The van der Waals surface area contributed by atoms with E-state index < -0.39 is 24.1 Å². The summed E-state index contributed by atoms with van der Waals surface area (Å²) in [6.07, 6.45) is 0.00806. The lowest BCUT2D eigenvalue weighted by Crippen LogP contribution is -1.96. The first kappa shape index (κ1) is 9.06. The maximum atomic E-state index is 12.4. The zero-order valence-electron chi connectivity index (χ0n) is 6.11. The Labute approximate surface area is 67.5 Å². The van der Waals surface area contributed by atoms with Crippen molar-refractivity contribution in [3.05, 3.63) is 35.1 Å². The van der Waals surface area contributed by atoms with E-state index in [1.807, 2.05) is 0 Å². The molecule has 0 aliphatic rings. The van der Waals surface area contributed by atoms with E-state index in [1.54, 1.807) is 0 Å². The minimum Gasteiger partial charge on any atom is -0.236 e. The fourth-order valence-electron chi connectivity index (χ4n) is 0.870. The largest absolute Gasteiger partial charge is 0.236 e. The molecule has 1 radical (unpaired) electrons. The Morgan fingerprint density at radius 1 is 1.08 bits per heavy atom. The average molecular weight is 175 g/mol. The van der Waals surface area contributed by atoms with Gasteiger partial charge in [0, 0.05) is 0 Å². The number of halogens is 3. The fourth-order valence-corrected chi connectivity index (χ4v) is 0.870. The van der Waals surface area contributed by atoms with Crippen LogP contribution in [0.4, 0.5) is 13.2 Å². The summed E-state index contributed by atoms with van der Waals surface area (Å²) in [4.78, 5) is 0. The third-order valence-electron chi connectivity index (χ3n) is 1.43. The number of rotatable bonds is 2. The molecule has 0 spiro atoms. The normalized spacial score (nSPS) is 10.3. The van der Waals surface area contributed by atoms with Gasteiger partial charge in [-0.3, -0.25) is 0 Å². The Bertz CT molecular complexity index is 263. The van der Waals surface area contributed by atoms with Crippen molar-refractivity contribution in [3.63, 3.8) is 0 Å². The summed E-state index contributed by atoms with van der Waals surface area (Å²) in [6.45, 7) is -0.468. The van der Waals surface area contributed by atoms with Crippen LogP contribution in [0, 0.1) is 17.5 Å². The lowest BCUT2D eigenvalue weighted by atomic mass is 10.1. The molecule has 0 saturated carbocycles. The SMILES string of the molecule is [O]CCc1cc(F)c(F)c(F)c1. The summed E-state index contributed by atoms with van der Waals surface area (Å²) in [6, 6.07) is 1.66. The lowest BCUT2D eigenvalue weighted by Gasteiger charge is -1.99. The van der Waals surface area contributed by atoms with E-state index in [4.69, 9.17) is 0 Å². The van der Waals surface area contributed by atoms with Crippen LogP contribution in [0.25, 0.3) is 0 Å². The molecule has 0 amide bonds. The Balaban J connectivity index is 3.04. The first-order valence-electron chi connectivity index (χ1n) is 3.36. The van der Waals surface area contributed by atoms with E-state index in [9.17, 15) is 18.3 Å². The van der Waals surface area contributed by atoms with Gasteiger partial charge in [0.1, 0.15) is 0 Å². The molecule has 65 valence electrons. The summed E-state index contributed by atoms with van der Waals surface area (Å²) in [5, 5.41) is 10.1. The average Bonchev–Trinajstić information content (AvgIpc) is 2.01. The second kappa shape index (κ2) is 3.58. The highest BCUT2D eigenvalue weighted by Crippen LogP contribution is 2.13. The molecule has 0 aromatic heterocycles. The van der Waals surface area contributed by atoms with Crippen molar-refractivity contribution in [2.75, 3.05) is 6.61 Å². The second-order valence-electron chi connectivity index (χ2n) is 2.33. The molecule has 1 aromatic rings. The molecule has 12 heavy (non-hydrogen) atoms. The van der Waals surface area contributed by atoms with Crippen LogP contribution in [0.2, 0.25) is 0 Å². The topological polar surface area (TPSA) is 19.9 Å². The Morgan fingerprint density at radius 2 is 1.58 bits per heavy atom. The predicted octanol–water partition coefficient (Wildman–Crippen LogP) is 2.08. The van der Waals surface area contributed by atoms with Crippen LogP contribution in [0.1, 0.15) is 5.56 Å². The molecule has 0 aliphatic heterocycles. The molecule has 0 heterocycles. The molecule has 1 aromatic carbocycles. The van der Waals surface area contributed by atoms with Crippen LogP contribution in [-0.4, -0.2) is 6.61 Å². The van der Waals surface area contributed by atoms with Gasteiger partial charge in [0.15, 0.2) is 17.5 Å². The summed E-state index contributed by atoms with van der Waals surface area (Å²) >= 11 is 0. The van der Waals surface area contributed by atoms with Gasteiger partial charge >= 0.3 is 0 Å². The third kappa shape index (κ3) is 1.76. The van der Waals surface area contributed by atoms with E-state index in [0.29, 0.717) is 0 Å². The van der Waals surface area contributed by atoms with E-state index in [0.717, 1.165) is 12.1 Å². The van der Waals surface area contributed by atoms with Crippen molar-refractivity contribution in [1.29, 1.82) is 0 Å². The smallest absolute Gasteiger partial charge is 0.194 e. The zero-order valence-corrected chi connectivity index (χ0v) is 6.11. The zero-order chi connectivity index (χ0) is 9.14. The van der Waals surface area contributed by atoms with E-state index in [1.165, 1.54) is 0 Å². The highest BCUT2D eigenvalue weighted by atomic mass is 19.2. The molecule has 0 atom stereocenters. The number of hydrogen-bond donors (Lipinski definition) is 0. The van der Waals surface area contributed by atoms with Gasteiger partial charge in [0.25, 0.3) is 0 Å². The van der Waals surface area contributed by atoms with E-state index >= 15 is 0 Å². The van der Waals surface area contributed by atoms with Crippen molar-refractivity contribution >= 4 is 0 Å². The number of benzene rings is 1. The van der Waals surface area contributed by atoms with Crippen LogP contribution in [0.15, 0.2) is 12.1 Å². The fraction of sp³-hybridized carbons (Fsp3) is 0.250. The highest BCUT2D eigenvalue weighted by molar-refractivity contribution is 5.19. The van der Waals surface area contributed by atoms with E-state index in [-0.39, 0.29) is 12.0 Å². The minimum absolute atomic E-state index is 0.00806. The van der Waals surface area contributed by atoms with Gasteiger partial charge in [-0.1, -0.05) is 0 Å². The quantitative estimate of drug-likeness (QED) is 0.613. The van der Waals surface area contributed by atoms with Crippen molar-refractivity contribution in [3.8, 4) is 0 Å². The molecule has 0 fully saturated rings. The molecular formula is C8H6F3O. The summed E-state index contributed by atoms with van der Waals surface area (Å²) in [7, 11) is 0. The monoisotopic (exact) mass is 175 g/mol. The van der Waals surface area contributed by atoms with Crippen molar-refractivity contribution < 1.29 is 18.3 Å². The summed E-state index contributed by atoms with van der Waals surface area (Å²) < 4.78 is 37.2. The van der Waals surface area contributed by atoms with Gasteiger partial charge in [-0.2, -0.15) is 0 Å². The molecule has 1 rings (SSSR count). The molecule has 0 saturated heterocycles. The van der Waals surface area contributed by atoms with Gasteiger partial charge in [-0.25, -0.2) is 18.3 Å². The second-order valence-corrected chi connectivity index (χ2v) is 2.33. The van der Waals surface area contributed by atoms with Gasteiger partial charge in [-0.05, 0) is 24.1 Å². The van der Waals surface area contributed by atoms with Crippen LogP contribution >= 0.6 is 0 Å². The molecule has 0 aliphatic carbocycles. The first-order chi connectivity index (χ1) is 5.65. The van der Waals surface area contributed by atoms with Gasteiger partial charge in [0.05, 0.1) is 6.61 Å². The molecule has 1 nitrogen and oxygen atoms in total. The number of hydrogen-bond acceptors (Lipinski definition) is 0. The maximum Gasteiger partial charge on any atom is 0.194 e. The van der Waals surface area contributed by atoms with Gasteiger partial charge < -0.3 is 0 Å². The molecular weight excluding hydrogens is 169 g/mol. The third-order valence-corrected chi connectivity index (χ3v) is 1.43.